The van der Waals surface area contributed by atoms with Gasteiger partial charge in [0.25, 0.3) is 0 Å². The molecule has 1 unspecified atom stereocenters. The van der Waals surface area contributed by atoms with Gasteiger partial charge in [0.05, 0.1) is 25.3 Å². The molecule has 1 aliphatic heterocycles. The summed E-state index contributed by atoms with van der Waals surface area (Å²) in [5, 5.41) is 1.96. The molecule has 2 atom stereocenters. The highest BCUT2D eigenvalue weighted by Gasteiger charge is 2.39. The summed E-state index contributed by atoms with van der Waals surface area (Å²) >= 11 is 0. The number of ether oxygens (including phenoxy) is 2. The van der Waals surface area contributed by atoms with Crippen LogP contribution < -0.4 is 5.32 Å². The van der Waals surface area contributed by atoms with Gasteiger partial charge in [-0.2, -0.15) is 13.2 Å². The van der Waals surface area contributed by atoms with Crippen LogP contribution in [-0.2, 0) is 14.3 Å². The smallest absolute Gasteiger partial charge is 0.444 e. The van der Waals surface area contributed by atoms with Gasteiger partial charge in [-0.05, 0) is 38.8 Å². The Hall–Kier alpha value is -2.59. The van der Waals surface area contributed by atoms with Crippen LogP contribution >= 0.6 is 0 Å². The van der Waals surface area contributed by atoms with Crippen LogP contribution in [0.3, 0.4) is 0 Å². The molecule has 1 fully saturated rings. The van der Waals surface area contributed by atoms with Gasteiger partial charge in [-0.1, -0.05) is 30.3 Å². The van der Waals surface area contributed by atoms with Crippen LogP contribution in [0, 0.1) is 0 Å². The van der Waals surface area contributed by atoms with Gasteiger partial charge < -0.3 is 19.7 Å². The van der Waals surface area contributed by atoms with Crippen molar-refractivity contribution in [2.45, 2.75) is 51.6 Å². The Balaban J connectivity index is 2.07. The van der Waals surface area contributed by atoms with Gasteiger partial charge in [0.1, 0.15) is 5.60 Å². The normalized spacial score (nSPS) is 17.1. The molecule has 0 bridgehead atoms. The summed E-state index contributed by atoms with van der Waals surface area (Å²) in [6.07, 6.45) is -3.61. The van der Waals surface area contributed by atoms with Crippen LogP contribution in [-0.4, -0.2) is 73.0 Å². The van der Waals surface area contributed by atoms with E-state index >= 15 is 0 Å². The molecule has 190 valence electrons. The van der Waals surface area contributed by atoms with Crippen LogP contribution in [0.15, 0.2) is 36.9 Å². The van der Waals surface area contributed by atoms with Crippen molar-refractivity contribution in [1.29, 1.82) is 0 Å². The topological polar surface area (TPSA) is 71.1 Å². The Kier molecular flexibility index (Phi) is 9.52. The summed E-state index contributed by atoms with van der Waals surface area (Å²) in [6, 6.07) is 6.15. The first-order valence-corrected chi connectivity index (χ1v) is 11.2. The second-order valence-corrected chi connectivity index (χ2v) is 9.20. The summed E-state index contributed by atoms with van der Waals surface area (Å²) in [5.41, 5.74) is 0.919. The average molecular weight is 486 g/mol. The highest BCUT2D eigenvalue weighted by atomic mass is 19.4. The highest BCUT2D eigenvalue weighted by molar-refractivity contribution is 5.82. The summed E-state index contributed by atoms with van der Waals surface area (Å²) in [4.78, 5) is 27.5. The SMILES string of the molecule is C=CCOCC(c1ccc([C@H](C)NC(=O)C(F)(F)F)cc1)N1CCN(C(=O)OC(C)(C)C)CC1. The Labute approximate surface area is 198 Å². The number of nitrogens with zero attached hydrogens (tertiary/aromatic N) is 2. The summed E-state index contributed by atoms with van der Waals surface area (Å²) in [7, 11) is 0. The summed E-state index contributed by atoms with van der Waals surface area (Å²) in [6.45, 7) is 13.6. The van der Waals surface area contributed by atoms with Gasteiger partial charge in [-0.3, -0.25) is 9.69 Å². The second-order valence-electron chi connectivity index (χ2n) is 9.20. The minimum absolute atomic E-state index is 0.116. The molecule has 0 aliphatic carbocycles. The summed E-state index contributed by atoms with van der Waals surface area (Å²) < 4.78 is 48.8. The molecule has 1 aromatic rings. The first-order chi connectivity index (χ1) is 15.8. The van der Waals surface area contributed by atoms with Gasteiger partial charge in [0.2, 0.25) is 0 Å². The monoisotopic (exact) mass is 485 g/mol. The van der Waals surface area contributed by atoms with Crippen LogP contribution in [0.1, 0.15) is 50.9 Å². The molecule has 10 heteroatoms. The minimum Gasteiger partial charge on any atom is -0.444 e. The zero-order valence-corrected chi connectivity index (χ0v) is 20.2. The molecule has 0 aromatic heterocycles. The Morgan fingerprint density at radius 3 is 2.15 bits per heavy atom. The lowest BCUT2D eigenvalue weighted by molar-refractivity contribution is -0.174. The number of carbonyl (C=O) groups excluding carboxylic acids is 2. The van der Waals surface area contributed by atoms with E-state index in [9.17, 15) is 22.8 Å². The number of halogens is 3. The molecule has 0 spiro atoms. The molecule has 2 rings (SSSR count). The Morgan fingerprint density at radius 2 is 1.65 bits per heavy atom. The van der Waals surface area contributed by atoms with Gasteiger partial charge in [0.15, 0.2) is 0 Å². The van der Waals surface area contributed by atoms with E-state index in [0.717, 1.165) is 5.56 Å². The number of alkyl halides is 3. The summed E-state index contributed by atoms with van der Waals surface area (Å²) in [5.74, 6) is -1.97. The number of benzene rings is 1. The van der Waals surface area contributed by atoms with Crippen molar-refractivity contribution in [3.05, 3.63) is 48.0 Å². The Bertz CT molecular complexity index is 829. The molecule has 0 radical (unpaired) electrons. The maximum atomic E-state index is 12.5. The van der Waals surface area contributed by atoms with Crippen molar-refractivity contribution in [2.24, 2.45) is 0 Å². The van der Waals surface area contributed by atoms with E-state index in [-0.39, 0.29) is 12.1 Å². The van der Waals surface area contributed by atoms with Crippen LogP contribution in [0.2, 0.25) is 0 Å². The quantitative estimate of drug-likeness (QED) is 0.441. The number of piperazine rings is 1. The zero-order valence-electron chi connectivity index (χ0n) is 20.2. The van der Waals surface area contributed by atoms with Crippen LogP contribution in [0.4, 0.5) is 18.0 Å². The van der Waals surface area contributed by atoms with Crippen molar-refractivity contribution in [3.63, 3.8) is 0 Å². The number of hydrogen-bond donors (Lipinski definition) is 1. The van der Waals surface area contributed by atoms with E-state index in [2.05, 4.69) is 11.5 Å². The van der Waals surface area contributed by atoms with Gasteiger partial charge in [-0.15, -0.1) is 6.58 Å². The van der Waals surface area contributed by atoms with E-state index in [4.69, 9.17) is 9.47 Å². The third-order valence-electron chi connectivity index (χ3n) is 5.34. The minimum atomic E-state index is -4.93. The largest absolute Gasteiger partial charge is 0.471 e. The van der Waals surface area contributed by atoms with Crippen molar-refractivity contribution >= 4 is 12.0 Å². The number of hydrogen-bond acceptors (Lipinski definition) is 5. The van der Waals surface area contributed by atoms with Crippen molar-refractivity contribution < 1.29 is 32.2 Å². The van der Waals surface area contributed by atoms with E-state index in [1.807, 2.05) is 38.2 Å². The molecule has 1 aliphatic rings. The molecule has 1 aromatic carbocycles. The third kappa shape index (κ3) is 8.32. The fourth-order valence-corrected chi connectivity index (χ4v) is 3.59. The number of amides is 2. The molecule has 2 amide bonds. The van der Waals surface area contributed by atoms with Crippen LogP contribution in [0.25, 0.3) is 0 Å². The maximum Gasteiger partial charge on any atom is 0.471 e. The third-order valence-corrected chi connectivity index (χ3v) is 5.34. The fraction of sp³-hybridized carbons (Fsp3) is 0.583. The molecule has 1 N–H and O–H groups in total. The first kappa shape index (κ1) is 27.7. The van der Waals surface area contributed by atoms with E-state index < -0.39 is 23.7 Å². The molecule has 34 heavy (non-hydrogen) atoms. The van der Waals surface area contributed by atoms with Gasteiger partial charge >= 0.3 is 18.2 Å². The zero-order chi connectivity index (χ0) is 25.5. The number of carbonyl (C=O) groups is 2. The lowest BCUT2D eigenvalue weighted by Gasteiger charge is -2.39. The van der Waals surface area contributed by atoms with E-state index in [1.54, 1.807) is 23.1 Å². The molecule has 0 saturated carbocycles. The maximum absolute atomic E-state index is 12.5. The standard InChI is InChI=1S/C24H34F3N3O4/c1-6-15-33-16-20(29-11-13-30(14-12-29)22(32)34-23(3,4)5)19-9-7-18(8-10-19)17(2)28-21(31)24(25,26)27/h6-10,17,20H,1,11-16H2,2-5H3,(H,28,31)/t17-,20?/m0/s1. The molecule has 1 saturated heterocycles. The predicted octanol–water partition coefficient (Wildman–Crippen LogP) is 4.22. The molecule has 7 nitrogen and oxygen atoms in total. The van der Waals surface area contributed by atoms with E-state index in [1.165, 1.54) is 6.92 Å². The highest BCUT2D eigenvalue weighted by Crippen LogP contribution is 2.26. The number of nitrogens with one attached hydrogen (secondary N) is 1. The average Bonchev–Trinajstić information content (AvgIpc) is 2.75. The second kappa shape index (κ2) is 11.7. The van der Waals surface area contributed by atoms with Crippen LogP contribution in [0.5, 0.6) is 0 Å². The van der Waals surface area contributed by atoms with Crippen molar-refractivity contribution in [3.8, 4) is 0 Å². The molecule has 1 heterocycles. The lowest BCUT2D eigenvalue weighted by atomic mass is 10.0. The van der Waals surface area contributed by atoms with E-state index in [0.29, 0.717) is 45.0 Å². The van der Waals surface area contributed by atoms with Gasteiger partial charge in [0, 0.05) is 26.2 Å². The number of rotatable bonds is 8. The van der Waals surface area contributed by atoms with Crippen molar-refractivity contribution in [1.82, 2.24) is 15.1 Å². The van der Waals surface area contributed by atoms with Gasteiger partial charge in [-0.25, -0.2) is 4.79 Å². The molecular weight excluding hydrogens is 451 g/mol. The van der Waals surface area contributed by atoms with Crippen molar-refractivity contribution in [2.75, 3.05) is 39.4 Å². The fourth-order valence-electron chi connectivity index (χ4n) is 3.59. The lowest BCUT2D eigenvalue weighted by Crippen LogP contribution is -2.51. The first-order valence-electron chi connectivity index (χ1n) is 11.2. The Morgan fingerprint density at radius 1 is 1.09 bits per heavy atom. The molecular formula is C24H34F3N3O4. The predicted molar refractivity (Wildman–Crippen MR) is 122 cm³/mol.